The van der Waals surface area contributed by atoms with Crippen LogP contribution >= 0.6 is 0 Å². The molecule has 1 N–H and O–H groups in total. The summed E-state index contributed by atoms with van der Waals surface area (Å²) >= 11 is 0. The van der Waals surface area contributed by atoms with E-state index in [1.165, 1.54) is 0 Å². The lowest BCUT2D eigenvalue weighted by Gasteiger charge is -2.32. The third-order valence-electron chi connectivity index (χ3n) is 4.23. The van der Waals surface area contributed by atoms with Gasteiger partial charge in [0, 0.05) is 42.8 Å². The van der Waals surface area contributed by atoms with E-state index in [2.05, 4.69) is 50.5 Å². The number of nitrogens with one attached hydrogen (secondary N) is 1. The molecule has 1 fully saturated rings. The van der Waals surface area contributed by atoms with Gasteiger partial charge in [0.05, 0.1) is 0 Å². The first kappa shape index (κ1) is 14.1. The second-order valence-electron chi connectivity index (χ2n) is 5.94. The van der Waals surface area contributed by atoms with Crippen molar-refractivity contribution in [3.05, 3.63) is 48.7 Å². The minimum absolute atomic E-state index is 0.443. The number of aromatic nitrogens is 3. The van der Waals surface area contributed by atoms with Gasteiger partial charge in [0.2, 0.25) is 0 Å². The Bertz CT molecular complexity index is 818. The lowest BCUT2D eigenvalue weighted by Crippen LogP contribution is -2.49. The Kier molecular flexibility index (Phi) is 3.63. The van der Waals surface area contributed by atoms with Crippen LogP contribution < -0.4 is 10.2 Å². The van der Waals surface area contributed by atoms with Gasteiger partial charge in [0.25, 0.3) is 0 Å². The maximum Gasteiger partial charge on any atom is 0.177 e. The van der Waals surface area contributed by atoms with Gasteiger partial charge in [0.1, 0.15) is 11.2 Å². The number of piperazine rings is 1. The number of anilines is 1. The third-order valence-corrected chi connectivity index (χ3v) is 4.23. The molecule has 1 saturated heterocycles. The first-order valence-corrected chi connectivity index (χ1v) is 7.98. The predicted octanol–water partition coefficient (Wildman–Crippen LogP) is 2.49. The minimum atomic E-state index is 0.443. The molecule has 4 rings (SSSR count). The summed E-state index contributed by atoms with van der Waals surface area (Å²) in [6, 6.07) is 14.6. The topological polar surface area (TPSA) is 53.9 Å². The predicted molar refractivity (Wildman–Crippen MR) is 92.4 cm³/mol. The molecule has 1 unspecified atom stereocenters. The molecule has 1 aliphatic rings. The summed E-state index contributed by atoms with van der Waals surface area (Å²) < 4.78 is 0. The number of benzene rings is 1. The van der Waals surface area contributed by atoms with Gasteiger partial charge in [-0.05, 0) is 19.1 Å². The Morgan fingerprint density at radius 3 is 2.78 bits per heavy atom. The van der Waals surface area contributed by atoms with E-state index in [4.69, 9.17) is 0 Å². The maximum atomic E-state index is 4.60. The largest absolute Gasteiger partial charge is 0.350 e. The Balaban J connectivity index is 1.86. The highest BCUT2D eigenvalue weighted by Crippen LogP contribution is 2.30. The van der Waals surface area contributed by atoms with Crippen molar-refractivity contribution in [2.45, 2.75) is 13.0 Å². The van der Waals surface area contributed by atoms with Crippen molar-refractivity contribution < 1.29 is 0 Å². The first-order valence-electron chi connectivity index (χ1n) is 7.98. The second-order valence-corrected chi connectivity index (χ2v) is 5.94. The second kappa shape index (κ2) is 5.93. The van der Waals surface area contributed by atoms with Gasteiger partial charge in [-0.2, -0.15) is 0 Å². The molecule has 23 heavy (non-hydrogen) atoms. The first-order chi connectivity index (χ1) is 11.3. The summed E-state index contributed by atoms with van der Waals surface area (Å²) in [5, 5.41) is 13.6. The number of fused-ring (bicyclic) bond motifs is 1. The highest BCUT2D eigenvalue weighted by molar-refractivity contribution is 5.97. The van der Waals surface area contributed by atoms with Gasteiger partial charge in [-0.1, -0.05) is 30.3 Å². The van der Waals surface area contributed by atoms with E-state index >= 15 is 0 Å². The van der Waals surface area contributed by atoms with E-state index in [0.717, 1.165) is 47.6 Å². The van der Waals surface area contributed by atoms with Crippen LogP contribution in [0, 0.1) is 0 Å². The molecule has 3 heterocycles. The standard InChI is InChI=1S/C18H19N5/c1-13-12-23(11-10-19-13)18-17-15(8-5-9-20-17)16(21-22-18)14-6-3-2-4-7-14/h2-9,13,19H,10-12H2,1H3. The van der Waals surface area contributed by atoms with E-state index < -0.39 is 0 Å². The van der Waals surface area contributed by atoms with Gasteiger partial charge in [-0.15, -0.1) is 10.2 Å². The van der Waals surface area contributed by atoms with Crippen molar-refractivity contribution in [3.8, 4) is 11.3 Å². The zero-order valence-corrected chi connectivity index (χ0v) is 13.1. The Morgan fingerprint density at radius 1 is 1.09 bits per heavy atom. The van der Waals surface area contributed by atoms with Crippen molar-refractivity contribution in [1.82, 2.24) is 20.5 Å². The van der Waals surface area contributed by atoms with Crippen LogP contribution in [0.3, 0.4) is 0 Å². The van der Waals surface area contributed by atoms with Crippen LogP contribution in [0.25, 0.3) is 22.2 Å². The molecular formula is C18H19N5. The van der Waals surface area contributed by atoms with Crippen LogP contribution in [-0.4, -0.2) is 40.9 Å². The fourth-order valence-electron chi connectivity index (χ4n) is 3.12. The van der Waals surface area contributed by atoms with Gasteiger partial charge >= 0.3 is 0 Å². The molecule has 1 aliphatic heterocycles. The quantitative estimate of drug-likeness (QED) is 0.788. The molecule has 0 saturated carbocycles. The highest BCUT2D eigenvalue weighted by atomic mass is 15.3. The summed E-state index contributed by atoms with van der Waals surface area (Å²) in [7, 11) is 0. The molecular weight excluding hydrogens is 286 g/mol. The summed E-state index contributed by atoms with van der Waals surface area (Å²) in [6.45, 7) is 4.99. The number of nitrogens with zero attached hydrogens (tertiary/aromatic N) is 4. The fourth-order valence-corrected chi connectivity index (χ4v) is 3.12. The van der Waals surface area contributed by atoms with E-state index in [-0.39, 0.29) is 0 Å². The van der Waals surface area contributed by atoms with Gasteiger partial charge in [-0.25, -0.2) is 0 Å². The monoisotopic (exact) mass is 305 g/mol. The average molecular weight is 305 g/mol. The minimum Gasteiger partial charge on any atom is -0.350 e. The Hall–Kier alpha value is -2.53. The zero-order chi connectivity index (χ0) is 15.6. The van der Waals surface area contributed by atoms with Gasteiger partial charge in [-0.3, -0.25) is 4.98 Å². The molecule has 0 radical (unpaired) electrons. The molecule has 2 aromatic heterocycles. The molecule has 1 aromatic carbocycles. The molecule has 3 aromatic rings. The van der Waals surface area contributed by atoms with Crippen molar-refractivity contribution in [1.29, 1.82) is 0 Å². The van der Waals surface area contributed by atoms with Gasteiger partial charge in [0.15, 0.2) is 5.82 Å². The SMILES string of the molecule is CC1CN(c2nnc(-c3ccccc3)c3cccnc23)CCN1. The number of hydrogen-bond acceptors (Lipinski definition) is 5. The normalized spacial score (nSPS) is 18.3. The summed E-state index contributed by atoms with van der Waals surface area (Å²) in [5.74, 6) is 0.883. The number of hydrogen-bond donors (Lipinski definition) is 1. The Morgan fingerprint density at radius 2 is 1.96 bits per heavy atom. The third kappa shape index (κ3) is 2.64. The van der Waals surface area contributed by atoms with Crippen LogP contribution in [0.5, 0.6) is 0 Å². The van der Waals surface area contributed by atoms with Crippen LogP contribution in [0.2, 0.25) is 0 Å². The molecule has 5 nitrogen and oxygen atoms in total. The van der Waals surface area contributed by atoms with Crippen LogP contribution in [0.1, 0.15) is 6.92 Å². The summed E-state index contributed by atoms with van der Waals surface area (Å²) in [6.07, 6.45) is 1.83. The van der Waals surface area contributed by atoms with Crippen molar-refractivity contribution in [2.24, 2.45) is 0 Å². The molecule has 1 atom stereocenters. The summed E-state index contributed by atoms with van der Waals surface area (Å²) in [4.78, 5) is 6.88. The number of rotatable bonds is 2. The Labute approximate surface area is 135 Å². The molecule has 116 valence electrons. The van der Waals surface area contributed by atoms with Crippen molar-refractivity contribution in [3.63, 3.8) is 0 Å². The fraction of sp³-hybridized carbons (Fsp3) is 0.278. The van der Waals surface area contributed by atoms with Crippen LogP contribution in [0.4, 0.5) is 5.82 Å². The van der Waals surface area contributed by atoms with Crippen molar-refractivity contribution in [2.75, 3.05) is 24.5 Å². The van der Waals surface area contributed by atoms with E-state index in [9.17, 15) is 0 Å². The van der Waals surface area contributed by atoms with Crippen LogP contribution in [0.15, 0.2) is 48.7 Å². The van der Waals surface area contributed by atoms with E-state index in [1.807, 2.05) is 30.5 Å². The molecule has 0 spiro atoms. The van der Waals surface area contributed by atoms with Crippen molar-refractivity contribution >= 4 is 16.7 Å². The lowest BCUT2D eigenvalue weighted by atomic mass is 10.1. The molecule has 5 heteroatoms. The summed E-state index contributed by atoms with van der Waals surface area (Å²) in [5.41, 5.74) is 2.88. The van der Waals surface area contributed by atoms with E-state index in [0.29, 0.717) is 6.04 Å². The number of pyridine rings is 1. The zero-order valence-electron chi connectivity index (χ0n) is 13.1. The van der Waals surface area contributed by atoms with Crippen LogP contribution in [-0.2, 0) is 0 Å². The lowest BCUT2D eigenvalue weighted by molar-refractivity contribution is 0.482. The molecule has 0 amide bonds. The average Bonchev–Trinajstić information content (AvgIpc) is 2.61. The maximum absolute atomic E-state index is 4.60. The smallest absolute Gasteiger partial charge is 0.177 e. The van der Waals surface area contributed by atoms with E-state index in [1.54, 1.807) is 0 Å². The molecule has 0 aliphatic carbocycles. The highest BCUT2D eigenvalue weighted by Gasteiger charge is 2.21. The molecule has 0 bridgehead atoms. The van der Waals surface area contributed by atoms with Gasteiger partial charge < -0.3 is 10.2 Å².